The standard InChI is InChI=1S/C11H15N3O5/c1-7-5-8(13-19-7)12-9(15)6-14(2)10(16)3-4-11(17)18/h5H,3-4,6H2,1-2H3,(H,17,18)(H,12,13,15). The minimum absolute atomic E-state index is 0.137. The van der Waals surface area contributed by atoms with Gasteiger partial charge in [-0.05, 0) is 6.92 Å². The summed E-state index contributed by atoms with van der Waals surface area (Å²) in [4.78, 5) is 34.5. The first-order chi connectivity index (χ1) is 8.88. The third-order valence-electron chi connectivity index (χ3n) is 2.25. The van der Waals surface area contributed by atoms with Crippen molar-refractivity contribution in [2.45, 2.75) is 19.8 Å². The zero-order valence-electron chi connectivity index (χ0n) is 10.7. The van der Waals surface area contributed by atoms with Crippen molar-refractivity contribution in [2.24, 2.45) is 0 Å². The highest BCUT2D eigenvalue weighted by Gasteiger charge is 2.15. The highest BCUT2D eigenvalue weighted by molar-refractivity contribution is 5.94. The van der Waals surface area contributed by atoms with Gasteiger partial charge in [0.1, 0.15) is 5.76 Å². The van der Waals surface area contributed by atoms with Crippen molar-refractivity contribution in [3.63, 3.8) is 0 Å². The summed E-state index contributed by atoms with van der Waals surface area (Å²) >= 11 is 0. The normalized spacial score (nSPS) is 10.0. The van der Waals surface area contributed by atoms with E-state index in [0.29, 0.717) is 5.76 Å². The van der Waals surface area contributed by atoms with Crippen LogP contribution in [0.3, 0.4) is 0 Å². The highest BCUT2D eigenvalue weighted by atomic mass is 16.5. The number of carbonyl (C=O) groups excluding carboxylic acids is 2. The van der Waals surface area contributed by atoms with E-state index < -0.39 is 17.8 Å². The minimum Gasteiger partial charge on any atom is -0.481 e. The van der Waals surface area contributed by atoms with E-state index >= 15 is 0 Å². The lowest BCUT2D eigenvalue weighted by Crippen LogP contribution is -2.35. The summed E-state index contributed by atoms with van der Waals surface area (Å²) in [6.45, 7) is 1.51. The Labute approximate surface area is 109 Å². The molecule has 1 aromatic heterocycles. The maximum Gasteiger partial charge on any atom is 0.303 e. The summed E-state index contributed by atoms with van der Waals surface area (Å²) in [5.41, 5.74) is 0. The van der Waals surface area contributed by atoms with Gasteiger partial charge in [0.15, 0.2) is 5.82 Å². The Morgan fingerprint density at radius 1 is 1.42 bits per heavy atom. The van der Waals surface area contributed by atoms with Crippen LogP contribution in [-0.4, -0.2) is 46.5 Å². The van der Waals surface area contributed by atoms with Crippen molar-refractivity contribution < 1.29 is 24.0 Å². The smallest absolute Gasteiger partial charge is 0.303 e. The van der Waals surface area contributed by atoms with Crippen molar-refractivity contribution in [1.82, 2.24) is 10.1 Å². The monoisotopic (exact) mass is 269 g/mol. The summed E-state index contributed by atoms with van der Waals surface area (Å²) in [7, 11) is 1.43. The van der Waals surface area contributed by atoms with Gasteiger partial charge >= 0.3 is 5.97 Å². The maximum absolute atomic E-state index is 11.6. The summed E-state index contributed by atoms with van der Waals surface area (Å²) in [6.07, 6.45) is -0.393. The summed E-state index contributed by atoms with van der Waals surface area (Å²) in [5, 5.41) is 14.5. The van der Waals surface area contributed by atoms with Gasteiger partial charge < -0.3 is 19.8 Å². The van der Waals surface area contributed by atoms with Crippen LogP contribution in [0.2, 0.25) is 0 Å². The first-order valence-corrected chi connectivity index (χ1v) is 5.57. The number of carbonyl (C=O) groups is 3. The number of nitrogens with zero attached hydrogens (tertiary/aromatic N) is 2. The van der Waals surface area contributed by atoms with Crippen LogP contribution in [-0.2, 0) is 14.4 Å². The molecule has 8 heteroatoms. The molecule has 0 spiro atoms. The number of likely N-dealkylation sites (N-methyl/N-ethyl adjacent to an activating group) is 1. The molecule has 0 atom stereocenters. The Morgan fingerprint density at radius 3 is 2.63 bits per heavy atom. The van der Waals surface area contributed by atoms with Gasteiger partial charge in [-0.15, -0.1) is 0 Å². The Bertz CT molecular complexity index is 482. The largest absolute Gasteiger partial charge is 0.481 e. The lowest BCUT2D eigenvalue weighted by Gasteiger charge is -2.15. The molecule has 1 rings (SSSR count). The molecule has 2 N–H and O–H groups in total. The van der Waals surface area contributed by atoms with Gasteiger partial charge in [0.05, 0.1) is 13.0 Å². The average Bonchev–Trinajstić information content (AvgIpc) is 2.71. The van der Waals surface area contributed by atoms with Gasteiger partial charge in [-0.3, -0.25) is 14.4 Å². The SMILES string of the molecule is Cc1cc(NC(=O)CN(C)C(=O)CCC(=O)O)no1. The second-order valence-electron chi connectivity index (χ2n) is 4.01. The van der Waals surface area contributed by atoms with E-state index in [-0.39, 0.29) is 25.2 Å². The van der Waals surface area contributed by atoms with Gasteiger partial charge in [0.2, 0.25) is 11.8 Å². The van der Waals surface area contributed by atoms with Crippen molar-refractivity contribution in [3.05, 3.63) is 11.8 Å². The molecule has 104 valence electrons. The molecule has 1 aromatic rings. The van der Waals surface area contributed by atoms with Gasteiger partial charge in [0.25, 0.3) is 0 Å². The number of anilines is 1. The van der Waals surface area contributed by atoms with Gasteiger partial charge in [0, 0.05) is 19.5 Å². The Morgan fingerprint density at radius 2 is 2.11 bits per heavy atom. The molecule has 0 saturated carbocycles. The Hall–Kier alpha value is -2.38. The molecule has 0 fully saturated rings. The van der Waals surface area contributed by atoms with E-state index in [1.54, 1.807) is 13.0 Å². The lowest BCUT2D eigenvalue weighted by atomic mass is 10.3. The van der Waals surface area contributed by atoms with Crippen LogP contribution < -0.4 is 5.32 Å². The average molecular weight is 269 g/mol. The lowest BCUT2D eigenvalue weighted by molar-refractivity contribution is -0.140. The van der Waals surface area contributed by atoms with E-state index in [1.807, 2.05) is 0 Å². The van der Waals surface area contributed by atoms with Gasteiger partial charge in [-0.25, -0.2) is 0 Å². The third kappa shape index (κ3) is 5.19. The Kier molecular flexibility index (Phi) is 5.04. The molecule has 0 saturated heterocycles. The van der Waals surface area contributed by atoms with Gasteiger partial charge in [-0.2, -0.15) is 0 Å². The van der Waals surface area contributed by atoms with Crippen LogP contribution in [0.15, 0.2) is 10.6 Å². The van der Waals surface area contributed by atoms with Crippen LogP contribution in [0.5, 0.6) is 0 Å². The molecule has 0 aliphatic heterocycles. The van der Waals surface area contributed by atoms with Crippen LogP contribution in [0.25, 0.3) is 0 Å². The van der Waals surface area contributed by atoms with Crippen LogP contribution >= 0.6 is 0 Å². The molecule has 8 nitrogen and oxygen atoms in total. The van der Waals surface area contributed by atoms with E-state index in [0.717, 1.165) is 4.90 Å². The van der Waals surface area contributed by atoms with Crippen LogP contribution in [0, 0.1) is 6.92 Å². The van der Waals surface area contributed by atoms with Crippen molar-refractivity contribution >= 4 is 23.6 Å². The van der Waals surface area contributed by atoms with Crippen molar-refractivity contribution in [2.75, 3.05) is 18.9 Å². The molecule has 19 heavy (non-hydrogen) atoms. The second-order valence-corrected chi connectivity index (χ2v) is 4.01. The number of hydrogen-bond donors (Lipinski definition) is 2. The zero-order valence-corrected chi connectivity index (χ0v) is 10.7. The number of amides is 2. The summed E-state index contributed by atoms with van der Waals surface area (Å²) in [5.74, 6) is -1.06. The molecule has 0 radical (unpaired) electrons. The number of aliphatic carboxylic acids is 1. The molecule has 0 aromatic carbocycles. The molecular weight excluding hydrogens is 254 g/mol. The van der Waals surface area contributed by atoms with E-state index in [2.05, 4.69) is 10.5 Å². The van der Waals surface area contributed by atoms with Gasteiger partial charge in [-0.1, -0.05) is 5.16 Å². The number of carboxylic acids is 1. The molecule has 2 amide bonds. The zero-order chi connectivity index (χ0) is 14.4. The molecule has 0 unspecified atom stereocenters. The van der Waals surface area contributed by atoms with Crippen molar-refractivity contribution in [1.29, 1.82) is 0 Å². The molecule has 0 aliphatic rings. The number of rotatable bonds is 6. The topological polar surface area (TPSA) is 113 Å². The minimum atomic E-state index is -1.05. The van der Waals surface area contributed by atoms with E-state index in [4.69, 9.17) is 9.63 Å². The van der Waals surface area contributed by atoms with Crippen LogP contribution in [0.4, 0.5) is 5.82 Å². The van der Waals surface area contributed by atoms with Crippen molar-refractivity contribution in [3.8, 4) is 0 Å². The first-order valence-electron chi connectivity index (χ1n) is 5.57. The number of nitrogens with one attached hydrogen (secondary N) is 1. The third-order valence-corrected chi connectivity index (χ3v) is 2.25. The number of hydrogen-bond acceptors (Lipinski definition) is 5. The fourth-order valence-corrected chi connectivity index (χ4v) is 1.32. The molecule has 0 bridgehead atoms. The maximum atomic E-state index is 11.6. The molecular formula is C11H15N3O5. The quantitative estimate of drug-likeness (QED) is 0.765. The number of aromatic nitrogens is 1. The number of aryl methyl sites for hydroxylation is 1. The second kappa shape index (κ2) is 6.53. The van der Waals surface area contributed by atoms with Crippen LogP contribution in [0.1, 0.15) is 18.6 Å². The van der Waals surface area contributed by atoms with E-state index in [1.165, 1.54) is 7.05 Å². The molecule has 0 aliphatic carbocycles. The fourth-order valence-electron chi connectivity index (χ4n) is 1.32. The number of carboxylic acid groups (broad SMARTS) is 1. The Balaban J connectivity index is 2.39. The summed E-state index contributed by atoms with van der Waals surface area (Å²) < 4.78 is 4.77. The first kappa shape index (κ1) is 14.7. The molecule has 1 heterocycles. The predicted octanol–water partition coefficient (Wildman–Crippen LogP) is 0.245. The highest BCUT2D eigenvalue weighted by Crippen LogP contribution is 2.06. The fraction of sp³-hybridized carbons (Fsp3) is 0.455. The predicted molar refractivity (Wildman–Crippen MR) is 64.4 cm³/mol. The van der Waals surface area contributed by atoms with E-state index in [9.17, 15) is 14.4 Å². The summed E-state index contributed by atoms with van der Waals surface area (Å²) in [6, 6.07) is 1.55.